The zero-order valence-electron chi connectivity index (χ0n) is 12.4. The van der Waals surface area contributed by atoms with E-state index in [-0.39, 0.29) is 16.4 Å². The van der Waals surface area contributed by atoms with Crippen LogP contribution in [0.5, 0.6) is 5.75 Å². The summed E-state index contributed by atoms with van der Waals surface area (Å²) in [6.07, 6.45) is 4.18. The third-order valence-electron chi connectivity index (χ3n) is 3.06. The van der Waals surface area contributed by atoms with Crippen molar-refractivity contribution in [2.24, 2.45) is 5.14 Å². The van der Waals surface area contributed by atoms with E-state index in [1.165, 1.54) is 25.3 Å². The van der Waals surface area contributed by atoms with E-state index in [0.29, 0.717) is 12.3 Å². The number of rotatable bonds is 8. The lowest BCUT2D eigenvalue weighted by Crippen LogP contribution is -2.25. The second kappa shape index (κ2) is 7.99. The van der Waals surface area contributed by atoms with Gasteiger partial charge in [-0.05, 0) is 24.6 Å². The standard InChI is InChI=1S/C14H22N2O4S/c1-3-4-5-6-9-16-14(17)12-10-11(21(15,18)19)7-8-13(12)20-2/h7-8,10H,3-6,9H2,1-2H3,(H,16,17)(H2,15,18,19). The summed E-state index contributed by atoms with van der Waals surface area (Å²) in [6.45, 7) is 2.66. The molecule has 7 heteroatoms. The Kier molecular flexibility index (Phi) is 6.64. The van der Waals surface area contributed by atoms with Crippen LogP contribution in [0.2, 0.25) is 0 Å². The number of benzene rings is 1. The van der Waals surface area contributed by atoms with E-state index in [2.05, 4.69) is 12.2 Å². The Bertz CT molecular complexity index is 585. The maximum atomic E-state index is 12.1. The molecule has 0 spiro atoms. The third kappa shape index (κ3) is 5.35. The second-order valence-corrected chi connectivity index (χ2v) is 6.29. The number of carbonyl (C=O) groups is 1. The first kappa shape index (κ1) is 17.5. The number of hydrogen-bond acceptors (Lipinski definition) is 4. The molecule has 1 aromatic carbocycles. The van der Waals surface area contributed by atoms with Crippen molar-refractivity contribution in [3.63, 3.8) is 0 Å². The van der Waals surface area contributed by atoms with Crippen LogP contribution < -0.4 is 15.2 Å². The normalized spacial score (nSPS) is 11.2. The maximum Gasteiger partial charge on any atom is 0.255 e. The zero-order valence-corrected chi connectivity index (χ0v) is 13.2. The van der Waals surface area contributed by atoms with E-state index < -0.39 is 10.0 Å². The van der Waals surface area contributed by atoms with Gasteiger partial charge in [0, 0.05) is 6.54 Å². The monoisotopic (exact) mass is 314 g/mol. The van der Waals surface area contributed by atoms with Gasteiger partial charge in [0.05, 0.1) is 17.6 Å². The highest BCUT2D eigenvalue weighted by atomic mass is 32.2. The lowest BCUT2D eigenvalue weighted by Gasteiger charge is -2.10. The van der Waals surface area contributed by atoms with Crippen molar-refractivity contribution in [2.45, 2.75) is 37.5 Å². The fraction of sp³-hybridized carbons (Fsp3) is 0.500. The van der Waals surface area contributed by atoms with Crippen LogP contribution in [-0.4, -0.2) is 28.0 Å². The number of ether oxygens (including phenoxy) is 1. The Morgan fingerprint density at radius 2 is 2.00 bits per heavy atom. The predicted octanol–water partition coefficient (Wildman–Crippen LogP) is 1.65. The van der Waals surface area contributed by atoms with Crippen molar-refractivity contribution < 1.29 is 17.9 Å². The fourth-order valence-corrected chi connectivity index (χ4v) is 2.43. The molecular weight excluding hydrogens is 292 g/mol. The van der Waals surface area contributed by atoms with E-state index in [1.807, 2.05) is 0 Å². The lowest BCUT2D eigenvalue weighted by molar-refractivity contribution is 0.0949. The first-order chi connectivity index (χ1) is 9.90. The predicted molar refractivity (Wildman–Crippen MR) is 80.8 cm³/mol. The van der Waals surface area contributed by atoms with Crippen molar-refractivity contribution in [3.05, 3.63) is 23.8 Å². The first-order valence-electron chi connectivity index (χ1n) is 6.89. The summed E-state index contributed by atoms with van der Waals surface area (Å²) in [7, 11) is -2.43. The molecule has 0 unspecified atom stereocenters. The SMILES string of the molecule is CCCCCCNC(=O)c1cc(S(N)(=O)=O)ccc1OC. The molecule has 3 N–H and O–H groups in total. The van der Waals surface area contributed by atoms with Gasteiger partial charge in [0.25, 0.3) is 5.91 Å². The summed E-state index contributed by atoms with van der Waals surface area (Å²) in [6, 6.07) is 3.97. The molecule has 21 heavy (non-hydrogen) atoms. The summed E-state index contributed by atoms with van der Waals surface area (Å²) in [4.78, 5) is 12.0. The van der Waals surface area contributed by atoms with Gasteiger partial charge in [-0.15, -0.1) is 0 Å². The van der Waals surface area contributed by atoms with E-state index in [9.17, 15) is 13.2 Å². The van der Waals surface area contributed by atoms with Gasteiger partial charge in [-0.2, -0.15) is 0 Å². The van der Waals surface area contributed by atoms with Gasteiger partial charge in [0.1, 0.15) is 5.75 Å². The Balaban J connectivity index is 2.82. The summed E-state index contributed by atoms with van der Waals surface area (Å²) >= 11 is 0. The Morgan fingerprint density at radius 1 is 1.29 bits per heavy atom. The Hall–Kier alpha value is -1.60. The van der Waals surface area contributed by atoms with Crippen LogP contribution in [0.4, 0.5) is 0 Å². The van der Waals surface area contributed by atoms with Crippen molar-refractivity contribution in [1.82, 2.24) is 5.32 Å². The third-order valence-corrected chi connectivity index (χ3v) is 3.97. The summed E-state index contributed by atoms with van der Waals surface area (Å²) in [5.41, 5.74) is 0.166. The number of hydrogen-bond donors (Lipinski definition) is 2. The number of unbranched alkanes of at least 4 members (excludes halogenated alkanes) is 3. The number of sulfonamides is 1. The van der Waals surface area contributed by atoms with E-state index in [0.717, 1.165) is 25.7 Å². The minimum absolute atomic E-state index is 0.112. The summed E-state index contributed by atoms with van der Waals surface area (Å²) in [5, 5.41) is 7.83. The Labute approximate surface area is 125 Å². The van der Waals surface area contributed by atoms with Crippen LogP contribution in [0.3, 0.4) is 0 Å². The first-order valence-corrected chi connectivity index (χ1v) is 8.43. The average Bonchev–Trinajstić information content (AvgIpc) is 2.45. The van der Waals surface area contributed by atoms with Gasteiger partial charge in [0.2, 0.25) is 10.0 Å². The molecule has 0 saturated carbocycles. The molecule has 0 aromatic heterocycles. The summed E-state index contributed by atoms with van der Waals surface area (Å²) in [5.74, 6) is -0.0534. The van der Waals surface area contributed by atoms with Crippen molar-refractivity contribution in [1.29, 1.82) is 0 Å². The highest BCUT2D eigenvalue weighted by molar-refractivity contribution is 7.89. The molecule has 1 rings (SSSR count). The zero-order chi connectivity index (χ0) is 15.9. The molecule has 118 valence electrons. The maximum absolute atomic E-state index is 12.1. The van der Waals surface area contributed by atoms with Gasteiger partial charge in [0.15, 0.2) is 0 Å². The molecular formula is C14H22N2O4S. The largest absolute Gasteiger partial charge is 0.496 e. The van der Waals surface area contributed by atoms with Crippen LogP contribution in [0.1, 0.15) is 43.0 Å². The van der Waals surface area contributed by atoms with E-state index in [1.54, 1.807) is 0 Å². The molecule has 0 aliphatic rings. The lowest BCUT2D eigenvalue weighted by atomic mass is 10.1. The van der Waals surface area contributed by atoms with Gasteiger partial charge in [-0.3, -0.25) is 4.79 Å². The van der Waals surface area contributed by atoms with Crippen LogP contribution in [0.25, 0.3) is 0 Å². The molecule has 1 amide bonds. The van der Waals surface area contributed by atoms with Gasteiger partial charge < -0.3 is 10.1 Å². The number of primary sulfonamides is 1. The van der Waals surface area contributed by atoms with Crippen LogP contribution in [-0.2, 0) is 10.0 Å². The van der Waals surface area contributed by atoms with Gasteiger partial charge >= 0.3 is 0 Å². The second-order valence-electron chi connectivity index (χ2n) is 4.72. The molecule has 0 fully saturated rings. The molecule has 0 radical (unpaired) electrons. The average molecular weight is 314 g/mol. The number of amides is 1. The molecule has 0 heterocycles. The minimum atomic E-state index is -3.85. The number of carbonyl (C=O) groups excluding carboxylic acids is 1. The number of methoxy groups -OCH3 is 1. The van der Waals surface area contributed by atoms with Crippen molar-refractivity contribution in [2.75, 3.05) is 13.7 Å². The molecule has 0 bridgehead atoms. The minimum Gasteiger partial charge on any atom is -0.496 e. The molecule has 1 aromatic rings. The van der Waals surface area contributed by atoms with Crippen LogP contribution in [0.15, 0.2) is 23.1 Å². The molecule has 0 saturated heterocycles. The topological polar surface area (TPSA) is 98.5 Å². The van der Waals surface area contributed by atoms with Crippen LogP contribution in [0, 0.1) is 0 Å². The van der Waals surface area contributed by atoms with Gasteiger partial charge in [-0.25, -0.2) is 13.6 Å². The quantitative estimate of drug-likeness (QED) is 0.713. The number of nitrogens with two attached hydrogens (primary N) is 1. The van der Waals surface area contributed by atoms with Crippen molar-refractivity contribution >= 4 is 15.9 Å². The smallest absolute Gasteiger partial charge is 0.255 e. The molecule has 0 aliphatic carbocycles. The molecule has 0 atom stereocenters. The summed E-state index contributed by atoms with van der Waals surface area (Å²) < 4.78 is 27.8. The van der Waals surface area contributed by atoms with Crippen molar-refractivity contribution in [3.8, 4) is 5.75 Å². The van der Waals surface area contributed by atoms with E-state index in [4.69, 9.17) is 9.88 Å². The fourth-order valence-electron chi connectivity index (χ4n) is 1.89. The van der Waals surface area contributed by atoms with Gasteiger partial charge in [-0.1, -0.05) is 26.2 Å². The molecule has 6 nitrogen and oxygen atoms in total. The highest BCUT2D eigenvalue weighted by Gasteiger charge is 2.16. The highest BCUT2D eigenvalue weighted by Crippen LogP contribution is 2.21. The van der Waals surface area contributed by atoms with E-state index >= 15 is 0 Å². The number of nitrogens with one attached hydrogen (secondary N) is 1. The molecule has 0 aliphatic heterocycles. The van der Waals surface area contributed by atoms with Crippen LogP contribution >= 0.6 is 0 Å². The Morgan fingerprint density at radius 3 is 2.57 bits per heavy atom.